The van der Waals surface area contributed by atoms with E-state index in [4.69, 9.17) is 4.74 Å². The van der Waals surface area contributed by atoms with Gasteiger partial charge in [-0.1, -0.05) is 52.0 Å². The molecule has 0 fully saturated rings. The summed E-state index contributed by atoms with van der Waals surface area (Å²) in [6.45, 7) is 14.3. The molecule has 0 saturated carbocycles. The van der Waals surface area contributed by atoms with E-state index in [0.29, 0.717) is 6.04 Å². The normalized spacial score (nSPS) is 14.2. The molecule has 0 radical (unpaired) electrons. The molecule has 1 aromatic rings. The maximum Gasteiger partial charge on any atom is 0.0778 e. The molecule has 0 amide bonds. The van der Waals surface area contributed by atoms with Gasteiger partial charge in [-0.2, -0.15) is 0 Å². The Morgan fingerprint density at radius 1 is 1.05 bits per heavy atom. The summed E-state index contributed by atoms with van der Waals surface area (Å²) in [5.41, 5.74) is 2.79. The average molecular weight is 291 g/mol. The van der Waals surface area contributed by atoms with Crippen molar-refractivity contribution in [1.82, 2.24) is 5.32 Å². The van der Waals surface area contributed by atoms with Crippen LogP contribution in [0, 0.1) is 0 Å². The van der Waals surface area contributed by atoms with Crippen LogP contribution in [0.3, 0.4) is 0 Å². The lowest BCUT2D eigenvalue weighted by atomic mass is 9.85. The first-order valence-electron chi connectivity index (χ1n) is 8.08. The molecule has 0 aliphatic rings. The van der Waals surface area contributed by atoms with Crippen molar-refractivity contribution in [3.8, 4) is 0 Å². The molecule has 2 heteroatoms. The van der Waals surface area contributed by atoms with Gasteiger partial charge in [0.25, 0.3) is 0 Å². The van der Waals surface area contributed by atoms with Gasteiger partial charge >= 0.3 is 0 Å². The minimum atomic E-state index is -0.169. The van der Waals surface area contributed by atoms with Crippen LogP contribution in [0.1, 0.15) is 59.1 Å². The molecule has 0 aliphatic carbocycles. The Morgan fingerprint density at radius 2 is 1.62 bits per heavy atom. The molecular formula is C19H33NO. The summed E-state index contributed by atoms with van der Waals surface area (Å²) in [4.78, 5) is 0. The standard InChI is InChI=1S/C19H33NO/c1-8-13-20-17(19(5,6)21-7)14-15-9-11-16(12-10-15)18(2,3)4/h9-12,17,20H,8,13-14H2,1-7H3. The Kier molecular flexibility index (Phi) is 6.42. The maximum absolute atomic E-state index is 5.68. The average Bonchev–Trinajstić information content (AvgIpc) is 2.42. The highest BCUT2D eigenvalue weighted by Crippen LogP contribution is 2.24. The lowest BCUT2D eigenvalue weighted by molar-refractivity contribution is -0.00997. The summed E-state index contributed by atoms with van der Waals surface area (Å²) >= 11 is 0. The Bertz CT molecular complexity index is 414. The minimum absolute atomic E-state index is 0.169. The van der Waals surface area contributed by atoms with Gasteiger partial charge in [-0.3, -0.25) is 0 Å². The van der Waals surface area contributed by atoms with E-state index in [2.05, 4.69) is 71.1 Å². The summed E-state index contributed by atoms with van der Waals surface area (Å²) in [6.07, 6.45) is 2.13. The molecule has 21 heavy (non-hydrogen) atoms. The fraction of sp³-hybridized carbons (Fsp3) is 0.684. The van der Waals surface area contributed by atoms with E-state index in [1.165, 1.54) is 11.1 Å². The van der Waals surface area contributed by atoms with Gasteiger partial charge in [0.15, 0.2) is 0 Å². The third-order valence-electron chi connectivity index (χ3n) is 4.27. The lowest BCUT2D eigenvalue weighted by Gasteiger charge is -2.34. The number of methoxy groups -OCH3 is 1. The number of rotatable bonds is 7. The molecule has 0 spiro atoms. The molecule has 0 aromatic heterocycles. The molecule has 1 atom stereocenters. The lowest BCUT2D eigenvalue weighted by Crippen LogP contribution is -2.49. The highest BCUT2D eigenvalue weighted by molar-refractivity contribution is 5.28. The van der Waals surface area contributed by atoms with Crippen molar-refractivity contribution in [2.45, 2.75) is 71.4 Å². The van der Waals surface area contributed by atoms with E-state index >= 15 is 0 Å². The molecule has 0 heterocycles. The molecule has 2 nitrogen and oxygen atoms in total. The van der Waals surface area contributed by atoms with Crippen LogP contribution >= 0.6 is 0 Å². The van der Waals surface area contributed by atoms with Crippen LogP contribution < -0.4 is 5.32 Å². The summed E-state index contributed by atoms with van der Waals surface area (Å²) in [6, 6.07) is 9.35. The van der Waals surface area contributed by atoms with Gasteiger partial charge in [0.1, 0.15) is 0 Å². The second kappa shape index (κ2) is 7.42. The van der Waals surface area contributed by atoms with Gasteiger partial charge in [-0.05, 0) is 49.8 Å². The van der Waals surface area contributed by atoms with Crippen LogP contribution in [0.25, 0.3) is 0 Å². The van der Waals surface area contributed by atoms with E-state index < -0.39 is 0 Å². The van der Waals surface area contributed by atoms with Gasteiger partial charge < -0.3 is 10.1 Å². The summed E-state index contributed by atoms with van der Waals surface area (Å²) in [7, 11) is 1.79. The van der Waals surface area contributed by atoms with Crippen molar-refractivity contribution in [3.05, 3.63) is 35.4 Å². The van der Waals surface area contributed by atoms with Crippen molar-refractivity contribution in [3.63, 3.8) is 0 Å². The summed E-state index contributed by atoms with van der Waals surface area (Å²) in [5, 5.41) is 3.63. The first kappa shape index (κ1) is 18.2. The molecule has 1 aromatic carbocycles. The molecule has 0 aliphatic heterocycles. The van der Waals surface area contributed by atoms with E-state index in [1.54, 1.807) is 7.11 Å². The predicted molar refractivity (Wildman–Crippen MR) is 92.0 cm³/mol. The Hall–Kier alpha value is -0.860. The van der Waals surface area contributed by atoms with E-state index in [0.717, 1.165) is 19.4 Å². The fourth-order valence-electron chi connectivity index (χ4n) is 2.40. The smallest absolute Gasteiger partial charge is 0.0778 e. The second-order valence-electron chi connectivity index (χ2n) is 7.47. The Balaban J connectivity index is 2.83. The minimum Gasteiger partial charge on any atom is -0.377 e. The van der Waals surface area contributed by atoms with Crippen LogP contribution in [0.5, 0.6) is 0 Å². The van der Waals surface area contributed by atoms with Gasteiger partial charge in [-0.25, -0.2) is 0 Å². The number of nitrogens with one attached hydrogen (secondary N) is 1. The third-order valence-corrected chi connectivity index (χ3v) is 4.27. The molecule has 1 unspecified atom stereocenters. The number of hydrogen-bond donors (Lipinski definition) is 1. The van der Waals surface area contributed by atoms with Crippen molar-refractivity contribution >= 4 is 0 Å². The van der Waals surface area contributed by atoms with Gasteiger partial charge in [0.2, 0.25) is 0 Å². The van der Waals surface area contributed by atoms with E-state index in [1.807, 2.05) is 0 Å². The zero-order chi connectivity index (χ0) is 16.1. The summed E-state index contributed by atoms with van der Waals surface area (Å²) in [5.74, 6) is 0. The highest BCUT2D eigenvalue weighted by Gasteiger charge is 2.28. The first-order valence-corrected chi connectivity index (χ1v) is 8.08. The zero-order valence-electron chi connectivity index (χ0n) is 14.9. The molecule has 1 rings (SSSR count). The fourth-order valence-corrected chi connectivity index (χ4v) is 2.40. The number of benzene rings is 1. The quantitative estimate of drug-likeness (QED) is 0.808. The molecular weight excluding hydrogens is 258 g/mol. The molecule has 0 saturated heterocycles. The van der Waals surface area contributed by atoms with Gasteiger partial charge in [-0.15, -0.1) is 0 Å². The number of ether oxygens (including phenoxy) is 1. The Labute approximate surface area is 131 Å². The summed E-state index contributed by atoms with van der Waals surface area (Å²) < 4.78 is 5.68. The van der Waals surface area contributed by atoms with E-state index in [9.17, 15) is 0 Å². The van der Waals surface area contributed by atoms with Crippen LogP contribution in [0.15, 0.2) is 24.3 Å². The van der Waals surface area contributed by atoms with Gasteiger partial charge in [0, 0.05) is 13.2 Å². The topological polar surface area (TPSA) is 21.3 Å². The maximum atomic E-state index is 5.68. The monoisotopic (exact) mass is 291 g/mol. The van der Waals surface area contributed by atoms with Crippen LogP contribution in [0.2, 0.25) is 0 Å². The third kappa shape index (κ3) is 5.44. The second-order valence-corrected chi connectivity index (χ2v) is 7.47. The molecule has 0 bridgehead atoms. The van der Waals surface area contributed by atoms with E-state index in [-0.39, 0.29) is 11.0 Å². The SMILES string of the molecule is CCCNC(Cc1ccc(C(C)(C)C)cc1)C(C)(C)OC. The van der Waals surface area contributed by atoms with Gasteiger partial charge in [0.05, 0.1) is 5.60 Å². The number of hydrogen-bond acceptors (Lipinski definition) is 2. The van der Waals surface area contributed by atoms with Crippen molar-refractivity contribution in [2.24, 2.45) is 0 Å². The van der Waals surface area contributed by atoms with Crippen molar-refractivity contribution in [1.29, 1.82) is 0 Å². The van der Waals surface area contributed by atoms with Crippen LogP contribution in [-0.2, 0) is 16.6 Å². The zero-order valence-corrected chi connectivity index (χ0v) is 14.9. The van der Waals surface area contributed by atoms with Crippen LogP contribution in [0.4, 0.5) is 0 Å². The van der Waals surface area contributed by atoms with Crippen molar-refractivity contribution in [2.75, 3.05) is 13.7 Å². The molecule has 1 N–H and O–H groups in total. The highest BCUT2D eigenvalue weighted by atomic mass is 16.5. The van der Waals surface area contributed by atoms with Crippen molar-refractivity contribution < 1.29 is 4.74 Å². The van der Waals surface area contributed by atoms with Crippen LogP contribution in [-0.4, -0.2) is 25.3 Å². The predicted octanol–water partition coefficient (Wildman–Crippen LogP) is 4.32. The largest absolute Gasteiger partial charge is 0.377 e. The molecule has 120 valence electrons. The first-order chi connectivity index (χ1) is 9.70. The Morgan fingerprint density at radius 3 is 2.05 bits per heavy atom.